The van der Waals surface area contributed by atoms with E-state index in [0.717, 1.165) is 29.9 Å². The van der Waals surface area contributed by atoms with Gasteiger partial charge in [0.15, 0.2) is 0 Å². The molecule has 0 radical (unpaired) electrons. The quantitative estimate of drug-likeness (QED) is 0.674. The fourth-order valence-corrected chi connectivity index (χ4v) is 3.65. The zero-order valence-corrected chi connectivity index (χ0v) is 16.3. The van der Waals surface area contributed by atoms with Crippen molar-refractivity contribution >= 4 is 21.8 Å². The van der Waals surface area contributed by atoms with Crippen LogP contribution in [0, 0.1) is 5.92 Å². The molecular formula is C18H25N5O3S. The Labute approximate surface area is 159 Å². The van der Waals surface area contributed by atoms with Gasteiger partial charge in [-0.3, -0.25) is 0 Å². The fraction of sp³-hybridized carbons (Fsp3) is 0.444. The van der Waals surface area contributed by atoms with Crippen LogP contribution >= 0.6 is 0 Å². The van der Waals surface area contributed by atoms with E-state index < -0.39 is 10.0 Å². The van der Waals surface area contributed by atoms with Crippen molar-refractivity contribution in [1.29, 1.82) is 0 Å². The van der Waals surface area contributed by atoms with Gasteiger partial charge in [-0.1, -0.05) is 19.9 Å². The van der Waals surface area contributed by atoms with E-state index in [0.29, 0.717) is 12.5 Å². The van der Waals surface area contributed by atoms with E-state index in [4.69, 9.17) is 5.14 Å². The second kappa shape index (κ2) is 7.79. The van der Waals surface area contributed by atoms with Gasteiger partial charge in [-0.15, -0.1) is 0 Å². The molecule has 0 aliphatic carbocycles. The van der Waals surface area contributed by atoms with E-state index in [2.05, 4.69) is 20.2 Å². The Bertz CT molecular complexity index is 917. The summed E-state index contributed by atoms with van der Waals surface area (Å²) in [5.74, 6) is 1.45. The lowest BCUT2D eigenvalue weighted by molar-refractivity contribution is 0.248. The third kappa shape index (κ3) is 4.55. The minimum absolute atomic E-state index is 0.00131. The predicted octanol–water partition coefficient (Wildman–Crippen LogP) is 1.12. The second-order valence-corrected chi connectivity index (χ2v) is 8.62. The molecule has 1 aliphatic rings. The van der Waals surface area contributed by atoms with Crippen LogP contribution in [0.5, 0.6) is 0 Å². The summed E-state index contributed by atoms with van der Waals surface area (Å²) in [4.78, 5) is 11.0. The highest BCUT2D eigenvalue weighted by atomic mass is 32.2. The van der Waals surface area contributed by atoms with Gasteiger partial charge in [0.1, 0.15) is 5.82 Å². The zero-order valence-electron chi connectivity index (χ0n) is 15.5. The second-order valence-electron chi connectivity index (χ2n) is 7.06. The van der Waals surface area contributed by atoms with Gasteiger partial charge in [-0.05, 0) is 41.7 Å². The summed E-state index contributed by atoms with van der Waals surface area (Å²) in [5, 5.41) is 17.9. The molecule has 2 heterocycles. The van der Waals surface area contributed by atoms with Gasteiger partial charge in [0.2, 0.25) is 16.0 Å². The number of nitrogens with one attached hydrogen (secondary N) is 1. The maximum atomic E-state index is 11.6. The number of nitrogens with two attached hydrogens (primary N) is 1. The smallest absolute Gasteiger partial charge is 0.238 e. The number of aliphatic hydroxyl groups is 1. The summed E-state index contributed by atoms with van der Waals surface area (Å²) in [7, 11) is -3.73. The number of hydrogen-bond donors (Lipinski definition) is 3. The highest BCUT2D eigenvalue weighted by Gasteiger charge is 2.21. The van der Waals surface area contributed by atoms with Crippen LogP contribution in [-0.4, -0.2) is 42.7 Å². The molecule has 0 unspecified atom stereocenters. The zero-order chi connectivity index (χ0) is 19.6. The largest absolute Gasteiger partial charge is 0.394 e. The van der Waals surface area contributed by atoms with Crippen molar-refractivity contribution in [3.05, 3.63) is 41.6 Å². The first kappa shape index (κ1) is 19.5. The molecule has 0 bridgehead atoms. The Morgan fingerprint density at radius 3 is 2.74 bits per heavy atom. The Balaban J connectivity index is 1.82. The van der Waals surface area contributed by atoms with E-state index in [1.165, 1.54) is 0 Å². The number of aliphatic hydroxyl groups excluding tert-OH is 1. The van der Waals surface area contributed by atoms with Crippen molar-refractivity contribution in [1.82, 2.24) is 9.97 Å². The first-order valence-electron chi connectivity index (χ1n) is 8.88. The predicted molar refractivity (Wildman–Crippen MR) is 104 cm³/mol. The van der Waals surface area contributed by atoms with Crippen molar-refractivity contribution in [2.45, 2.75) is 37.8 Å². The average Bonchev–Trinajstić information content (AvgIpc) is 2.64. The third-order valence-electron chi connectivity index (χ3n) is 4.80. The molecule has 0 saturated carbocycles. The molecule has 1 aliphatic heterocycles. The minimum Gasteiger partial charge on any atom is -0.394 e. The Morgan fingerprint density at radius 1 is 1.30 bits per heavy atom. The molecular weight excluding hydrogens is 366 g/mol. The van der Waals surface area contributed by atoms with Crippen LogP contribution in [-0.2, 0) is 23.0 Å². The number of nitrogens with zero attached hydrogens (tertiary/aromatic N) is 3. The van der Waals surface area contributed by atoms with Crippen molar-refractivity contribution in [3.8, 4) is 0 Å². The SMILES string of the molecule is CC(C)[C@H](CO)Nc1nccc(N2CCc3ccc(S(N)(=O)=O)cc3C2)n1. The maximum Gasteiger partial charge on any atom is 0.238 e. The summed E-state index contributed by atoms with van der Waals surface area (Å²) in [5.41, 5.74) is 2.04. The first-order valence-corrected chi connectivity index (χ1v) is 10.4. The Morgan fingerprint density at radius 2 is 2.07 bits per heavy atom. The highest BCUT2D eigenvalue weighted by Crippen LogP contribution is 2.25. The topological polar surface area (TPSA) is 121 Å². The number of rotatable bonds is 6. The van der Waals surface area contributed by atoms with Crippen molar-refractivity contribution < 1.29 is 13.5 Å². The monoisotopic (exact) mass is 391 g/mol. The van der Waals surface area contributed by atoms with Gasteiger partial charge < -0.3 is 15.3 Å². The van der Waals surface area contributed by atoms with E-state index in [1.54, 1.807) is 18.3 Å². The molecule has 1 atom stereocenters. The van der Waals surface area contributed by atoms with Gasteiger partial charge in [0.25, 0.3) is 0 Å². The Hall–Kier alpha value is -2.23. The molecule has 8 nitrogen and oxygen atoms in total. The molecule has 4 N–H and O–H groups in total. The summed E-state index contributed by atoms with van der Waals surface area (Å²) >= 11 is 0. The fourth-order valence-electron chi connectivity index (χ4n) is 3.09. The van der Waals surface area contributed by atoms with E-state index in [-0.39, 0.29) is 23.5 Å². The molecule has 2 aromatic rings. The number of hydrogen-bond acceptors (Lipinski definition) is 7. The number of fused-ring (bicyclic) bond motifs is 1. The molecule has 27 heavy (non-hydrogen) atoms. The van der Waals surface area contributed by atoms with E-state index in [9.17, 15) is 13.5 Å². The van der Waals surface area contributed by atoms with E-state index >= 15 is 0 Å². The minimum atomic E-state index is -3.73. The number of primary sulfonamides is 1. The van der Waals surface area contributed by atoms with Crippen LogP contribution in [0.1, 0.15) is 25.0 Å². The van der Waals surface area contributed by atoms with Crippen LogP contribution in [0.4, 0.5) is 11.8 Å². The van der Waals surface area contributed by atoms with Crippen LogP contribution < -0.4 is 15.4 Å². The molecule has 0 amide bonds. The van der Waals surface area contributed by atoms with Gasteiger partial charge in [-0.25, -0.2) is 18.5 Å². The standard InChI is InChI=1S/C18H25N5O3S/c1-12(2)16(11-24)21-18-20-7-5-17(22-18)23-8-6-13-3-4-15(27(19,25)26)9-14(13)10-23/h3-5,7,9,12,16,24H,6,8,10-11H2,1-2H3,(H2,19,25,26)(H,20,21,22)/t16-/m0/s1. The highest BCUT2D eigenvalue weighted by molar-refractivity contribution is 7.89. The number of aromatic nitrogens is 2. The van der Waals surface area contributed by atoms with Crippen molar-refractivity contribution in [2.75, 3.05) is 23.4 Å². The van der Waals surface area contributed by atoms with Gasteiger partial charge in [-0.2, -0.15) is 4.98 Å². The third-order valence-corrected chi connectivity index (χ3v) is 5.71. The summed E-state index contributed by atoms with van der Waals surface area (Å²) in [6, 6.07) is 6.71. The van der Waals surface area contributed by atoms with Crippen LogP contribution in [0.3, 0.4) is 0 Å². The molecule has 0 spiro atoms. The van der Waals surface area contributed by atoms with Gasteiger partial charge in [0.05, 0.1) is 17.5 Å². The Kier molecular flexibility index (Phi) is 5.64. The maximum absolute atomic E-state index is 11.6. The lowest BCUT2D eigenvalue weighted by Gasteiger charge is -2.30. The van der Waals surface area contributed by atoms with Gasteiger partial charge in [0, 0.05) is 19.3 Å². The summed E-state index contributed by atoms with van der Waals surface area (Å²) in [6.45, 7) is 5.35. The lowest BCUT2D eigenvalue weighted by atomic mass is 10.00. The number of benzene rings is 1. The lowest BCUT2D eigenvalue weighted by Crippen LogP contribution is -2.33. The first-order chi connectivity index (χ1) is 12.8. The van der Waals surface area contributed by atoms with E-state index in [1.807, 2.05) is 26.0 Å². The van der Waals surface area contributed by atoms with Crippen molar-refractivity contribution in [2.24, 2.45) is 11.1 Å². The summed E-state index contributed by atoms with van der Waals surface area (Å²) in [6.07, 6.45) is 2.47. The molecule has 9 heteroatoms. The molecule has 0 fully saturated rings. The van der Waals surface area contributed by atoms with Crippen LogP contribution in [0.2, 0.25) is 0 Å². The molecule has 1 aromatic carbocycles. The van der Waals surface area contributed by atoms with Crippen LogP contribution in [0.15, 0.2) is 35.4 Å². The van der Waals surface area contributed by atoms with Gasteiger partial charge >= 0.3 is 0 Å². The normalized spacial score (nSPS) is 15.5. The number of anilines is 2. The summed E-state index contributed by atoms with van der Waals surface area (Å²) < 4.78 is 23.2. The van der Waals surface area contributed by atoms with Crippen molar-refractivity contribution in [3.63, 3.8) is 0 Å². The molecule has 146 valence electrons. The molecule has 1 aromatic heterocycles. The number of sulfonamides is 1. The van der Waals surface area contributed by atoms with Crippen LogP contribution in [0.25, 0.3) is 0 Å². The molecule has 0 saturated heterocycles. The molecule has 3 rings (SSSR count). The average molecular weight is 391 g/mol.